The van der Waals surface area contributed by atoms with E-state index in [1.807, 2.05) is 0 Å². The van der Waals surface area contributed by atoms with Crippen LogP contribution in [0.1, 0.15) is 55.3 Å². The van der Waals surface area contributed by atoms with Gasteiger partial charge >= 0.3 is 0 Å². The molecular formula is C21H28NP. The maximum Gasteiger partial charge on any atom is 0.0173 e. The van der Waals surface area contributed by atoms with Crippen molar-refractivity contribution < 1.29 is 0 Å². The predicted molar refractivity (Wildman–Crippen MR) is 102 cm³/mol. The Labute approximate surface area is 142 Å². The van der Waals surface area contributed by atoms with Crippen LogP contribution in [0.3, 0.4) is 0 Å². The second-order valence-electron chi connectivity index (χ2n) is 6.53. The Kier molecular flexibility index (Phi) is 6.25. The Balaban J connectivity index is 1.73. The van der Waals surface area contributed by atoms with E-state index in [2.05, 4.69) is 72.7 Å². The summed E-state index contributed by atoms with van der Waals surface area (Å²) in [5, 5.41) is 3.94. The molecule has 122 valence electrons. The molecule has 2 aromatic rings. The van der Waals surface area contributed by atoms with Crippen LogP contribution >= 0.6 is 8.07 Å². The maximum absolute atomic E-state index is 3.94. The second-order valence-corrected chi connectivity index (χ2v) is 8.77. The Morgan fingerprint density at radius 2 is 1.57 bits per heavy atom. The first-order valence-corrected chi connectivity index (χ1v) is 10.6. The van der Waals surface area contributed by atoms with Crippen molar-refractivity contribution in [2.24, 2.45) is 0 Å². The smallest absolute Gasteiger partial charge is 0.0173 e. The van der Waals surface area contributed by atoms with Gasteiger partial charge in [0, 0.05) is 5.66 Å². The fraction of sp³-hybridized carbons (Fsp3) is 0.429. The molecule has 1 aliphatic heterocycles. The Morgan fingerprint density at radius 3 is 2.22 bits per heavy atom. The van der Waals surface area contributed by atoms with Gasteiger partial charge in [0.05, 0.1) is 0 Å². The molecule has 0 aliphatic carbocycles. The van der Waals surface area contributed by atoms with Gasteiger partial charge in [0.25, 0.3) is 0 Å². The molecule has 3 unspecified atom stereocenters. The zero-order chi connectivity index (χ0) is 15.9. The van der Waals surface area contributed by atoms with E-state index < -0.39 is 0 Å². The maximum atomic E-state index is 3.94. The van der Waals surface area contributed by atoms with Crippen molar-refractivity contribution in [1.82, 2.24) is 5.09 Å². The van der Waals surface area contributed by atoms with Gasteiger partial charge in [-0.2, -0.15) is 0 Å². The molecule has 0 spiro atoms. The third kappa shape index (κ3) is 4.43. The van der Waals surface area contributed by atoms with Gasteiger partial charge < -0.3 is 0 Å². The minimum absolute atomic E-state index is 0.136. The molecule has 0 radical (unpaired) electrons. The van der Waals surface area contributed by atoms with E-state index >= 15 is 0 Å². The van der Waals surface area contributed by atoms with Gasteiger partial charge in [-0.05, 0) is 57.1 Å². The topological polar surface area (TPSA) is 12.0 Å². The third-order valence-corrected chi connectivity index (χ3v) is 7.66. The summed E-state index contributed by atoms with van der Waals surface area (Å²) < 4.78 is 0. The molecule has 23 heavy (non-hydrogen) atoms. The fourth-order valence-electron chi connectivity index (χ4n) is 3.56. The minimum Gasteiger partial charge on any atom is -0.295 e. The van der Waals surface area contributed by atoms with Crippen molar-refractivity contribution in [3.8, 4) is 0 Å². The summed E-state index contributed by atoms with van der Waals surface area (Å²) in [5.41, 5.74) is 3.79. The first kappa shape index (κ1) is 16.7. The molecule has 2 heteroatoms. The first-order valence-electron chi connectivity index (χ1n) is 8.98. The standard InChI is InChI=1S/C21H28NP/c1-2-3-16-22-23-17-20(18-10-6-4-7-11-18)14-15-21(23)19-12-8-5-9-13-19/h4-13,20-22H,2-3,14-17H2,1H3. The summed E-state index contributed by atoms with van der Waals surface area (Å²) in [6, 6.07) is 22.3. The lowest BCUT2D eigenvalue weighted by Crippen LogP contribution is -2.23. The number of unbranched alkanes of at least 4 members (excludes halogenated alkanes) is 1. The lowest BCUT2D eigenvalue weighted by atomic mass is 9.93. The summed E-state index contributed by atoms with van der Waals surface area (Å²) in [5.74, 6) is 0.733. The quantitative estimate of drug-likeness (QED) is 0.500. The van der Waals surface area contributed by atoms with Gasteiger partial charge in [-0.25, -0.2) is 0 Å². The van der Waals surface area contributed by atoms with Gasteiger partial charge in [-0.1, -0.05) is 74.0 Å². The molecule has 0 aromatic heterocycles. The zero-order valence-electron chi connectivity index (χ0n) is 14.1. The molecule has 2 aromatic carbocycles. The molecular weight excluding hydrogens is 297 g/mol. The Hall–Kier alpha value is -1.17. The number of hydrogen-bond donors (Lipinski definition) is 1. The summed E-state index contributed by atoms with van der Waals surface area (Å²) in [7, 11) is -0.136. The van der Waals surface area contributed by atoms with E-state index in [9.17, 15) is 0 Å². The third-order valence-electron chi connectivity index (χ3n) is 4.88. The van der Waals surface area contributed by atoms with E-state index in [0.29, 0.717) is 0 Å². The van der Waals surface area contributed by atoms with E-state index in [-0.39, 0.29) is 8.07 Å². The van der Waals surface area contributed by atoms with Crippen molar-refractivity contribution >= 4 is 8.07 Å². The number of hydrogen-bond acceptors (Lipinski definition) is 1. The summed E-state index contributed by atoms with van der Waals surface area (Å²) in [6.45, 7) is 3.45. The van der Waals surface area contributed by atoms with Gasteiger partial charge in [0.15, 0.2) is 0 Å². The molecule has 1 saturated heterocycles. The predicted octanol–water partition coefficient (Wildman–Crippen LogP) is 6.09. The van der Waals surface area contributed by atoms with Crippen molar-refractivity contribution in [1.29, 1.82) is 0 Å². The minimum atomic E-state index is -0.136. The van der Waals surface area contributed by atoms with Gasteiger partial charge in [-0.3, -0.25) is 5.09 Å². The van der Waals surface area contributed by atoms with Gasteiger partial charge in [0.1, 0.15) is 0 Å². The zero-order valence-corrected chi connectivity index (χ0v) is 15.0. The monoisotopic (exact) mass is 325 g/mol. The summed E-state index contributed by atoms with van der Waals surface area (Å²) >= 11 is 0. The second kappa shape index (κ2) is 8.62. The molecule has 3 atom stereocenters. The molecule has 0 saturated carbocycles. The van der Waals surface area contributed by atoms with Gasteiger partial charge in [0.2, 0.25) is 0 Å². The molecule has 0 bridgehead atoms. The summed E-state index contributed by atoms with van der Waals surface area (Å²) in [4.78, 5) is 0. The highest BCUT2D eigenvalue weighted by Gasteiger charge is 2.31. The first-order chi connectivity index (χ1) is 11.4. The molecule has 1 heterocycles. The average Bonchev–Trinajstić information content (AvgIpc) is 2.63. The van der Waals surface area contributed by atoms with Crippen molar-refractivity contribution in [2.75, 3.05) is 12.7 Å². The van der Waals surface area contributed by atoms with Crippen LogP contribution < -0.4 is 5.09 Å². The fourth-order valence-corrected chi connectivity index (χ4v) is 6.47. The van der Waals surface area contributed by atoms with E-state index in [1.165, 1.54) is 49.5 Å². The largest absolute Gasteiger partial charge is 0.295 e. The van der Waals surface area contributed by atoms with Crippen LogP contribution in [0.25, 0.3) is 0 Å². The molecule has 0 amide bonds. The van der Waals surface area contributed by atoms with E-state index in [1.54, 1.807) is 0 Å². The van der Waals surface area contributed by atoms with Crippen LogP contribution in [0.15, 0.2) is 60.7 Å². The van der Waals surface area contributed by atoms with E-state index in [0.717, 1.165) is 11.6 Å². The molecule has 1 nitrogen and oxygen atoms in total. The van der Waals surface area contributed by atoms with Crippen molar-refractivity contribution in [3.05, 3.63) is 71.8 Å². The van der Waals surface area contributed by atoms with Crippen LogP contribution in [-0.4, -0.2) is 12.7 Å². The Bertz CT molecular complexity index is 569. The molecule has 1 N–H and O–H groups in total. The number of benzene rings is 2. The number of rotatable bonds is 6. The number of nitrogens with one attached hydrogen (secondary N) is 1. The van der Waals surface area contributed by atoms with Crippen LogP contribution in [0.2, 0.25) is 0 Å². The van der Waals surface area contributed by atoms with E-state index in [4.69, 9.17) is 0 Å². The summed E-state index contributed by atoms with van der Waals surface area (Å²) in [6.07, 6.45) is 6.51. The average molecular weight is 325 g/mol. The van der Waals surface area contributed by atoms with Crippen LogP contribution in [0, 0.1) is 0 Å². The van der Waals surface area contributed by atoms with Crippen LogP contribution in [0.5, 0.6) is 0 Å². The lowest BCUT2D eigenvalue weighted by Gasteiger charge is -2.37. The normalized spacial score (nSPS) is 24.5. The van der Waals surface area contributed by atoms with Crippen LogP contribution in [-0.2, 0) is 0 Å². The highest BCUT2D eigenvalue weighted by Crippen LogP contribution is 2.57. The Morgan fingerprint density at radius 1 is 0.913 bits per heavy atom. The SMILES string of the molecule is CCCCNP1CC(c2ccccc2)CCC1c1ccccc1. The molecule has 1 aliphatic rings. The van der Waals surface area contributed by atoms with Crippen molar-refractivity contribution in [2.45, 2.75) is 44.2 Å². The molecule has 3 rings (SSSR count). The van der Waals surface area contributed by atoms with Crippen LogP contribution in [0.4, 0.5) is 0 Å². The highest BCUT2D eigenvalue weighted by molar-refractivity contribution is 7.56. The van der Waals surface area contributed by atoms with Gasteiger partial charge in [-0.15, -0.1) is 0 Å². The lowest BCUT2D eigenvalue weighted by molar-refractivity contribution is 0.589. The highest BCUT2D eigenvalue weighted by atomic mass is 31.1. The van der Waals surface area contributed by atoms with Crippen molar-refractivity contribution in [3.63, 3.8) is 0 Å². The molecule has 1 fully saturated rings.